The van der Waals surface area contributed by atoms with E-state index in [1.165, 1.54) is 0 Å². The number of carbonyl (C=O) groups is 2. The van der Waals surface area contributed by atoms with E-state index in [2.05, 4.69) is 11.8 Å². The Morgan fingerprint density at radius 2 is 1.75 bits per heavy atom. The Morgan fingerprint density at radius 3 is 2.30 bits per heavy atom. The van der Waals surface area contributed by atoms with E-state index in [1.807, 2.05) is 11.8 Å². The summed E-state index contributed by atoms with van der Waals surface area (Å²) in [4.78, 5) is 27.4. The number of likely N-dealkylation sites (tertiary alicyclic amines) is 2. The van der Waals surface area contributed by atoms with Gasteiger partial charge in [-0.15, -0.1) is 0 Å². The zero-order chi connectivity index (χ0) is 14.7. The number of hydrogen-bond donors (Lipinski definition) is 1. The van der Waals surface area contributed by atoms with Crippen molar-refractivity contribution in [3.63, 3.8) is 0 Å². The van der Waals surface area contributed by atoms with Gasteiger partial charge >= 0.3 is 5.97 Å². The number of carboxylic acids is 1. The van der Waals surface area contributed by atoms with Crippen LogP contribution in [0.4, 0.5) is 0 Å². The third kappa shape index (κ3) is 3.72. The average molecular weight is 282 g/mol. The summed E-state index contributed by atoms with van der Waals surface area (Å²) >= 11 is 0. The van der Waals surface area contributed by atoms with Gasteiger partial charge in [-0.25, -0.2) is 0 Å². The van der Waals surface area contributed by atoms with Crippen LogP contribution in [0.25, 0.3) is 0 Å². The second-order valence-corrected chi connectivity index (χ2v) is 6.44. The maximum absolute atomic E-state index is 12.3. The molecular formula is C15H26N2O3. The molecule has 0 aromatic rings. The maximum atomic E-state index is 12.3. The maximum Gasteiger partial charge on any atom is 0.306 e. The number of carboxylic acid groups (broad SMARTS) is 1. The number of piperidine rings is 2. The molecule has 0 bridgehead atoms. The van der Waals surface area contributed by atoms with Gasteiger partial charge in [0.05, 0.1) is 12.5 Å². The molecule has 2 atom stereocenters. The minimum absolute atomic E-state index is 0.178. The van der Waals surface area contributed by atoms with Gasteiger partial charge in [-0.2, -0.15) is 0 Å². The van der Waals surface area contributed by atoms with E-state index in [4.69, 9.17) is 5.11 Å². The predicted molar refractivity (Wildman–Crippen MR) is 76.4 cm³/mol. The van der Waals surface area contributed by atoms with Crippen molar-refractivity contribution in [1.82, 2.24) is 9.80 Å². The first-order valence-corrected chi connectivity index (χ1v) is 7.72. The zero-order valence-corrected chi connectivity index (χ0v) is 12.5. The third-order valence-corrected chi connectivity index (χ3v) is 4.84. The summed E-state index contributed by atoms with van der Waals surface area (Å²) in [6.45, 7) is 7.18. The van der Waals surface area contributed by atoms with Gasteiger partial charge in [0.2, 0.25) is 5.91 Å². The summed E-state index contributed by atoms with van der Waals surface area (Å²) in [5.41, 5.74) is 0. The van der Waals surface area contributed by atoms with Crippen LogP contribution in [0.5, 0.6) is 0 Å². The molecule has 5 nitrogen and oxygen atoms in total. The number of hydrogen-bond acceptors (Lipinski definition) is 3. The van der Waals surface area contributed by atoms with Crippen LogP contribution >= 0.6 is 0 Å². The van der Waals surface area contributed by atoms with Gasteiger partial charge in [0, 0.05) is 19.1 Å². The van der Waals surface area contributed by atoms with Gasteiger partial charge in [0.25, 0.3) is 0 Å². The minimum atomic E-state index is -0.701. The molecule has 5 heteroatoms. The molecule has 0 aromatic carbocycles. The summed E-state index contributed by atoms with van der Waals surface area (Å²) in [6.07, 6.45) is 3.51. The van der Waals surface area contributed by atoms with Crippen LogP contribution in [-0.2, 0) is 9.59 Å². The number of carbonyl (C=O) groups excluding carboxylic acids is 1. The fraction of sp³-hybridized carbons (Fsp3) is 0.867. The van der Waals surface area contributed by atoms with Crippen LogP contribution in [0.15, 0.2) is 0 Å². The largest absolute Gasteiger partial charge is 0.481 e. The van der Waals surface area contributed by atoms with Crippen LogP contribution in [0.3, 0.4) is 0 Å². The van der Waals surface area contributed by atoms with Crippen LogP contribution in [-0.4, -0.2) is 59.0 Å². The Morgan fingerprint density at radius 1 is 1.10 bits per heavy atom. The summed E-state index contributed by atoms with van der Waals surface area (Å²) in [5, 5.41) is 9.06. The Kier molecular flexibility index (Phi) is 5.02. The van der Waals surface area contributed by atoms with Gasteiger partial charge < -0.3 is 10.0 Å². The monoisotopic (exact) mass is 282 g/mol. The van der Waals surface area contributed by atoms with E-state index < -0.39 is 5.97 Å². The molecule has 2 saturated heterocycles. The second-order valence-electron chi connectivity index (χ2n) is 6.44. The molecule has 2 aliphatic rings. The molecule has 1 amide bonds. The summed E-state index contributed by atoms with van der Waals surface area (Å²) in [7, 11) is 0. The van der Waals surface area contributed by atoms with E-state index in [-0.39, 0.29) is 17.9 Å². The van der Waals surface area contributed by atoms with E-state index in [9.17, 15) is 9.59 Å². The Hall–Kier alpha value is -1.10. The van der Waals surface area contributed by atoms with Crippen molar-refractivity contribution in [3.8, 4) is 0 Å². The van der Waals surface area contributed by atoms with Gasteiger partial charge in [-0.1, -0.05) is 6.92 Å². The quantitative estimate of drug-likeness (QED) is 0.850. The van der Waals surface area contributed by atoms with Crippen molar-refractivity contribution in [2.45, 2.75) is 45.6 Å². The standard InChI is InChI=1S/C15H26N2O3/c1-11-3-6-16(7-4-11)14(18)10-17-8-5-13(15(19)20)9-12(17)2/h11-13H,3-10H2,1-2H3,(H,19,20). The predicted octanol–water partition coefficient (Wildman–Crippen LogP) is 1.43. The number of amides is 1. The first kappa shape index (κ1) is 15.3. The summed E-state index contributed by atoms with van der Waals surface area (Å²) < 4.78 is 0. The van der Waals surface area contributed by atoms with E-state index >= 15 is 0 Å². The van der Waals surface area contributed by atoms with Crippen molar-refractivity contribution in [2.75, 3.05) is 26.2 Å². The Balaban J connectivity index is 1.81. The van der Waals surface area contributed by atoms with Gasteiger partial charge in [0.15, 0.2) is 0 Å². The molecule has 114 valence electrons. The minimum Gasteiger partial charge on any atom is -0.481 e. The summed E-state index contributed by atoms with van der Waals surface area (Å²) in [5.74, 6) is -0.0122. The highest BCUT2D eigenvalue weighted by molar-refractivity contribution is 5.78. The number of rotatable bonds is 3. The zero-order valence-electron chi connectivity index (χ0n) is 12.5. The fourth-order valence-electron chi connectivity index (χ4n) is 3.21. The molecule has 2 heterocycles. The van der Waals surface area contributed by atoms with Crippen LogP contribution in [0.1, 0.15) is 39.5 Å². The van der Waals surface area contributed by atoms with Crippen molar-refractivity contribution < 1.29 is 14.7 Å². The van der Waals surface area contributed by atoms with Gasteiger partial charge in [-0.05, 0) is 45.1 Å². The molecular weight excluding hydrogens is 256 g/mol. The third-order valence-electron chi connectivity index (χ3n) is 4.84. The molecule has 2 fully saturated rings. The molecule has 1 N–H and O–H groups in total. The molecule has 2 aliphatic heterocycles. The van der Waals surface area contributed by atoms with Crippen molar-refractivity contribution in [2.24, 2.45) is 11.8 Å². The molecule has 0 aromatic heterocycles. The molecule has 20 heavy (non-hydrogen) atoms. The smallest absolute Gasteiger partial charge is 0.306 e. The lowest BCUT2D eigenvalue weighted by atomic mass is 9.91. The van der Waals surface area contributed by atoms with Crippen molar-refractivity contribution in [1.29, 1.82) is 0 Å². The lowest BCUT2D eigenvalue weighted by Crippen LogP contribution is -2.49. The topological polar surface area (TPSA) is 60.9 Å². The van der Waals surface area contributed by atoms with Crippen molar-refractivity contribution >= 4 is 11.9 Å². The fourth-order valence-corrected chi connectivity index (χ4v) is 3.21. The Labute approximate surface area is 120 Å². The van der Waals surface area contributed by atoms with Crippen molar-refractivity contribution in [3.05, 3.63) is 0 Å². The highest BCUT2D eigenvalue weighted by Gasteiger charge is 2.31. The first-order chi connectivity index (χ1) is 9.47. The normalized spacial score (nSPS) is 29.4. The van der Waals surface area contributed by atoms with Gasteiger partial charge in [0.1, 0.15) is 0 Å². The second kappa shape index (κ2) is 6.57. The first-order valence-electron chi connectivity index (χ1n) is 7.72. The summed E-state index contributed by atoms with van der Waals surface area (Å²) in [6, 6.07) is 0.178. The average Bonchev–Trinajstić information content (AvgIpc) is 2.41. The number of aliphatic carboxylic acids is 1. The Bertz CT molecular complexity index is 364. The van der Waals surface area contributed by atoms with Crippen LogP contribution in [0, 0.1) is 11.8 Å². The molecule has 0 aliphatic carbocycles. The van der Waals surface area contributed by atoms with Crippen LogP contribution in [0.2, 0.25) is 0 Å². The van der Waals surface area contributed by atoms with E-state index in [1.54, 1.807) is 0 Å². The highest BCUT2D eigenvalue weighted by Crippen LogP contribution is 2.23. The molecule has 0 radical (unpaired) electrons. The molecule has 0 spiro atoms. The van der Waals surface area contributed by atoms with E-state index in [0.29, 0.717) is 25.9 Å². The van der Waals surface area contributed by atoms with Crippen LogP contribution < -0.4 is 0 Å². The van der Waals surface area contributed by atoms with Gasteiger partial charge in [-0.3, -0.25) is 14.5 Å². The molecule has 2 unspecified atom stereocenters. The molecule has 0 saturated carbocycles. The molecule has 2 rings (SSSR count). The number of nitrogens with zero attached hydrogens (tertiary/aromatic N) is 2. The van der Waals surface area contributed by atoms with E-state index in [0.717, 1.165) is 31.8 Å². The SMILES string of the molecule is CC1CCN(C(=O)CN2CCC(C(=O)O)CC2C)CC1. The lowest BCUT2D eigenvalue weighted by molar-refractivity contribution is -0.144. The highest BCUT2D eigenvalue weighted by atomic mass is 16.4. The lowest BCUT2D eigenvalue weighted by Gasteiger charge is -2.38.